The molecule has 0 N–H and O–H groups in total. The number of furan rings is 1. The highest BCUT2D eigenvalue weighted by molar-refractivity contribution is 6.15. The van der Waals surface area contributed by atoms with Crippen LogP contribution in [0.5, 0.6) is 28.7 Å². The molecule has 0 spiro atoms. The standard InChI is InChI=1S/C26H25NO7/c1-15-24-17(12-27(14-33-24)13-18-6-5-7-32-18)11-19-23(28)20(34-25(15)19)8-16-9-21(29-2)26(31-4)22(10-16)30-3/h5-11H,12-14H2,1-4H3/b20-8-. The summed E-state index contributed by atoms with van der Waals surface area (Å²) in [7, 11) is 4.63. The van der Waals surface area contributed by atoms with Gasteiger partial charge in [-0.3, -0.25) is 9.69 Å². The quantitative estimate of drug-likeness (QED) is 0.492. The molecule has 0 saturated heterocycles. The molecule has 0 unspecified atom stereocenters. The number of nitrogens with zero attached hydrogens (tertiary/aromatic N) is 1. The summed E-state index contributed by atoms with van der Waals surface area (Å²) in [6.07, 6.45) is 3.33. The molecule has 0 saturated carbocycles. The Morgan fingerprint density at radius 2 is 1.82 bits per heavy atom. The van der Waals surface area contributed by atoms with Crippen LogP contribution in [0, 0.1) is 6.92 Å². The van der Waals surface area contributed by atoms with E-state index in [2.05, 4.69) is 4.90 Å². The van der Waals surface area contributed by atoms with E-state index in [1.165, 1.54) is 0 Å². The lowest BCUT2D eigenvalue weighted by Crippen LogP contribution is -2.31. The van der Waals surface area contributed by atoms with Crippen LogP contribution in [0.1, 0.15) is 32.8 Å². The van der Waals surface area contributed by atoms with Crippen LogP contribution in [0.3, 0.4) is 0 Å². The van der Waals surface area contributed by atoms with Gasteiger partial charge in [0.15, 0.2) is 17.3 Å². The fourth-order valence-corrected chi connectivity index (χ4v) is 4.36. The fourth-order valence-electron chi connectivity index (χ4n) is 4.36. The Kier molecular flexibility index (Phi) is 5.67. The van der Waals surface area contributed by atoms with Gasteiger partial charge in [-0.05, 0) is 48.9 Å². The van der Waals surface area contributed by atoms with Crippen molar-refractivity contribution in [2.45, 2.75) is 20.0 Å². The van der Waals surface area contributed by atoms with Crippen LogP contribution < -0.4 is 23.7 Å². The highest BCUT2D eigenvalue weighted by Crippen LogP contribution is 2.44. The second kappa shape index (κ2) is 8.79. The molecule has 8 nitrogen and oxygen atoms in total. The molecule has 0 aliphatic carbocycles. The number of hydrogen-bond acceptors (Lipinski definition) is 8. The molecule has 0 fully saturated rings. The summed E-state index contributed by atoms with van der Waals surface area (Å²) < 4.78 is 33.7. The molecule has 34 heavy (non-hydrogen) atoms. The van der Waals surface area contributed by atoms with Crippen molar-refractivity contribution in [1.82, 2.24) is 4.90 Å². The third kappa shape index (κ3) is 3.76. The molecule has 1 aromatic heterocycles. The fraction of sp³-hybridized carbons (Fsp3) is 0.269. The second-order valence-electron chi connectivity index (χ2n) is 8.10. The van der Waals surface area contributed by atoms with E-state index < -0.39 is 0 Å². The average molecular weight is 463 g/mol. The lowest BCUT2D eigenvalue weighted by atomic mass is 10.00. The normalized spacial score (nSPS) is 16.0. The lowest BCUT2D eigenvalue weighted by Gasteiger charge is -2.29. The number of fused-ring (bicyclic) bond motifs is 2. The van der Waals surface area contributed by atoms with Crippen LogP contribution in [-0.2, 0) is 13.1 Å². The maximum absolute atomic E-state index is 13.3. The number of hydrogen-bond donors (Lipinski definition) is 0. The summed E-state index contributed by atoms with van der Waals surface area (Å²) in [5.41, 5.74) is 2.97. The summed E-state index contributed by atoms with van der Waals surface area (Å²) in [6.45, 7) is 3.60. The van der Waals surface area contributed by atoms with E-state index in [9.17, 15) is 4.79 Å². The first-order chi connectivity index (χ1) is 16.5. The number of methoxy groups -OCH3 is 3. The minimum absolute atomic E-state index is 0.183. The Morgan fingerprint density at radius 3 is 2.47 bits per heavy atom. The molecule has 3 aromatic rings. The number of rotatable bonds is 6. The summed E-state index contributed by atoms with van der Waals surface area (Å²) in [6, 6.07) is 9.19. The first-order valence-electron chi connectivity index (χ1n) is 10.8. The molecule has 5 rings (SSSR count). The Bertz CT molecular complexity index is 1250. The Morgan fingerprint density at radius 1 is 1.06 bits per heavy atom. The van der Waals surface area contributed by atoms with Crippen molar-refractivity contribution in [3.63, 3.8) is 0 Å². The first kappa shape index (κ1) is 21.9. The largest absolute Gasteiger partial charge is 0.493 e. The molecule has 3 heterocycles. The van der Waals surface area contributed by atoms with E-state index in [1.54, 1.807) is 45.8 Å². The average Bonchev–Trinajstić information content (AvgIpc) is 3.47. The minimum Gasteiger partial charge on any atom is -0.493 e. The number of Topliss-reactive ketones (excluding diaryl/α,β-unsaturated/α-hetero) is 1. The zero-order valence-corrected chi connectivity index (χ0v) is 19.5. The summed E-state index contributed by atoms with van der Waals surface area (Å²) in [4.78, 5) is 15.4. The molecule has 0 radical (unpaired) electrons. The highest BCUT2D eigenvalue weighted by Gasteiger charge is 2.34. The maximum atomic E-state index is 13.3. The van der Waals surface area contributed by atoms with Gasteiger partial charge in [0.25, 0.3) is 0 Å². The zero-order valence-electron chi connectivity index (χ0n) is 19.5. The number of carbonyl (C=O) groups is 1. The second-order valence-corrected chi connectivity index (χ2v) is 8.10. The van der Waals surface area contributed by atoms with Gasteiger partial charge in [0.1, 0.15) is 24.0 Å². The van der Waals surface area contributed by atoms with Crippen molar-refractivity contribution in [2.75, 3.05) is 28.1 Å². The molecule has 0 atom stereocenters. The number of carbonyl (C=O) groups excluding carboxylic acids is 1. The van der Waals surface area contributed by atoms with Crippen molar-refractivity contribution in [3.8, 4) is 28.7 Å². The maximum Gasteiger partial charge on any atom is 0.231 e. The van der Waals surface area contributed by atoms with Gasteiger partial charge in [0.2, 0.25) is 11.5 Å². The van der Waals surface area contributed by atoms with Gasteiger partial charge in [-0.25, -0.2) is 0 Å². The van der Waals surface area contributed by atoms with Gasteiger partial charge in [0.05, 0.1) is 39.7 Å². The van der Waals surface area contributed by atoms with Crippen LogP contribution in [0.15, 0.2) is 46.8 Å². The van der Waals surface area contributed by atoms with Gasteiger partial charge in [-0.1, -0.05) is 0 Å². The van der Waals surface area contributed by atoms with Gasteiger partial charge >= 0.3 is 0 Å². The lowest BCUT2D eigenvalue weighted by molar-refractivity contribution is 0.0813. The number of allylic oxidation sites excluding steroid dienone is 1. The molecule has 2 aliphatic heterocycles. The number of ether oxygens (including phenoxy) is 5. The molecular formula is C26H25NO7. The zero-order chi connectivity index (χ0) is 23.8. The Hall–Kier alpha value is -3.91. The van der Waals surface area contributed by atoms with Gasteiger partial charge in [0, 0.05) is 17.7 Å². The summed E-state index contributed by atoms with van der Waals surface area (Å²) >= 11 is 0. The van der Waals surface area contributed by atoms with Gasteiger partial charge in [-0.2, -0.15) is 0 Å². The predicted molar refractivity (Wildman–Crippen MR) is 124 cm³/mol. The topological polar surface area (TPSA) is 79.6 Å². The Labute approximate surface area is 197 Å². The van der Waals surface area contributed by atoms with Crippen molar-refractivity contribution in [3.05, 3.63) is 70.4 Å². The van der Waals surface area contributed by atoms with Crippen molar-refractivity contribution < 1.29 is 32.9 Å². The predicted octanol–water partition coefficient (Wildman–Crippen LogP) is 4.58. The van der Waals surface area contributed by atoms with E-state index in [4.69, 9.17) is 28.1 Å². The third-order valence-corrected chi connectivity index (χ3v) is 5.95. The van der Waals surface area contributed by atoms with E-state index in [0.29, 0.717) is 53.9 Å². The summed E-state index contributed by atoms with van der Waals surface area (Å²) in [5.74, 6) is 3.66. The van der Waals surface area contributed by atoms with Crippen LogP contribution in [-0.4, -0.2) is 38.7 Å². The third-order valence-electron chi connectivity index (χ3n) is 5.95. The Balaban J connectivity index is 1.45. The van der Waals surface area contributed by atoms with Crippen molar-refractivity contribution >= 4 is 11.9 Å². The van der Waals surface area contributed by atoms with Crippen LogP contribution in [0.25, 0.3) is 6.08 Å². The SMILES string of the molecule is COc1cc(/C=C2\Oc3c(cc4c(c3C)OCN(Cc3ccco3)C4)C2=O)cc(OC)c1OC. The molecule has 0 bridgehead atoms. The van der Waals surface area contributed by atoms with E-state index in [1.807, 2.05) is 25.1 Å². The van der Waals surface area contributed by atoms with Crippen LogP contribution in [0.2, 0.25) is 0 Å². The molecule has 0 amide bonds. The van der Waals surface area contributed by atoms with E-state index in [0.717, 1.165) is 22.6 Å². The van der Waals surface area contributed by atoms with Crippen molar-refractivity contribution in [1.29, 1.82) is 0 Å². The first-order valence-corrected chi connectivity index (χ1v) is 10.8. The number of ketones is 1. The van der Waals surface area contributed by atoms with E-state index >= 15 is 0 Å². The van der Waals surface area contributed by atoms with Gasteiger partial charge in [-0.15, -0.1) is 0 Å². The minimum atomic E-state index is -0.183. The molecule has 176 valence electrons. The molecule has 8 heteroatoms. The molecule has 2 aliphatic rings. The van der Waals surface area contributed by atoms with Crippen LogP contribution >= 0.6 is 0 Å². The molecular weight excluding hydrogens is 438 g/mol. The smallest absolute Gasteiger partial charge is 0.231 e. The monoisotopic (exact) mass is 463 g/mol. The van der Waals surface area contributed by atoms with E-state index in [-0.39, 0.29) is 11.5 Å². The number of benzene rings is 2. The van der Waals surface area contributed by atoms with Gasteiger partial charge < -0.3 is 28.1 Å². The van der Waals surface area contributed by atoms with Crippen LogP contribution in [0.4, 0.5) is 0 Å². The summed E-state index contributed by atoms with van der Waals surface area (Å²) in [5, 5.41) is 0. The van der Waals surface area contributed by atoms with Crippen molar-refractivity contribution in [2.24, 2.45) is 0 Å². The molecule has 2 aromatic carbocycles. The highest BCUT2D eigenvalue weighted by atomic mass is 16.5.